The lowest BCUT2D eigenvalue weighted by atomic mass is 10.2. The summed E-state index contributed by atoms with van der Waals surface area (Å²) < 4.78 is 5.46. The highest BCUT2D eigenvalue weighted by molar-refractivity contribution is 8.76. The number of hydrogen-bond acceptors (Lipinski definition) is 8. The average molecular weight is 347 g/mol. The number of phenols is 1. The van der Waals surface area contributed by atoms with Crippen LogP contribution < -0.4 is 0 Å². The van der Waals surface area contributed by atoms with Gasteiger partial charge in [-0.15, -0.1) is 5.10 Å². The van der Waals surface area contributed by atoms with Crippen LogP contribution in [0.5, 0.6) is 5.75 Å². The van der Waals surface area contributed by atoms with Crippen LogP contribution in [0, 0.1) is 10.1 Å². The van der Waals surface area contributed by atoms with E-state index in [2.05, 4.69) is 10.2 Å². The first-order valence-electron chi connectivity index (χ1n) is 6.35. The SMILES string of the molecule is O=[N+]([O-])c1ccccc1SSc1nnc(-c2ccccc2O)o1. The van der Waals surface area contributed by atoms with Gasteiger partial charge in [0.15, 0.2) is 0 Å². The molecule has 3 aromatic rings. The first kappa shape index (κ1) is 15.4. The molecule has 1 N–H and O–H groups in total. The lowest BCUT2D eigenvalue weighted by molar-refractivity contribution is -0.387. The van der Waals surface area contributed by atoms with Gasteiger partial charge in [0.25, 0.3) is 16.8 Å². The van der Waals surface area contributed by atoms with E-state index in [-0.39, 0.29) is 22.6 Å². The molecule has 0 saturated heterocycles. The maximum atomic E-state index is 11.0. The molecular weight excluding hydrogens is 338 g/mol. The van der Waals surface area contributed by atoms with Crippen molar-refractivity contribution in [1.29, 1.82) is 0 Å². The molecule has 0 fully saturated rings. The highest BCUT2D eigenvalue weighted by atomic mass is 33.1. The summed E-state index contributed by atoms with van der Waals surface area (Å²) in [6.45, 7) is 0. The van der Waals surface area contributed by atoms with Gasteiger partial charge in [0, 0.05) is 16.9 Å². The zero-order valence-corrected chi connectivity index (χ0v) is 13.1. The summed E-state index contributed by atoms with van der Waals surface area (Å²) in [6.07, 6.45) is 0. The second kappa shape index (κ2) is 6.71. The maximum Gasteiger partial charge on any atom is 0.288 e. The van der Waals surface area contributed by atoms with Crippen LogP contribution in [0.4, 0.5) is 5.69 Å². The molecule has 0 saturated carbocycles. The van der Waals surface area contributed by atoms with E-state index in [4.69, 9.17) is 4.42 Å². The molecule has 0 bridgehead atoms. The van der Waals surface area contributed by atoms with Crippen LogP contribution in [0.3, 0.4) is 0 Å². The third-order valence-electron chi connectivity index (χ3n) is 2.81. The average Bonchev–Trinajstić information content (AvgIpc) is 3.02. The van der Waals surface area contributed by atoms with Gasteiger partial charge in [-0.3, -0.25) is 10.1 Å². The Balaban J connectivity index is 1.76. The summed E-state index contributed by atoms with van der Waals surface area (Å²) in [7, 11) is 2.27. The van der Waals surface area contributed by atoms with Crippen molar-refractivity contribution >= 4 is 27.3 Å². The number of benzene rings is 2. The molecule has 9 heteroatoms. The molecule has 0 unspecified atom stereocenters. The molecular formula is C14H9N3O4S2. The van der Waals surface area contributed by atoms with Crippen LogP contribution in [0.15, 0.2) is 63.1 Å². The molecule has 0 aliphatic carbocycles. The minimum atomic E-state index is -0.440. The third kappa shape index (κ3) is 3.46. The summed E-state index contributed by atoms with van der Waals surface area (Å²) >= 11 is 0. The van der Waals surface area contributed by atoms with Gasteiger partial charge in [0.1, 0.15) is 5.75 Å². The van der Waals surface area contributed by atoms with E-state index < -0.39 is 4.92 Å². The van der Waals surface area contributed by atoms with Gasteiger partial charge >= 0.3 is 0 Å². The molecule has 7 nitrogen and oxygen atoms in total. The monoisotopic (exact) mass is 347 g/mol. The first-order valence-corrected chi connectivity index (χ1v) is 8.50. The topological polar surface area (TPSA) is 102 Å². The predicted octanol–water partition coefficient (Wildman–Crippen LogP) is 4.15. The van der Waals surface area contributed by atoms with Gasteiger partial charge in [-0.2, -0.15) is 0 Å². The predicted molar refractivity (Wildman–Crippen MR) is 86.2 cm³/mol. The van der Waals surface area contributed by atoms with E-state index in [0.29, 0.717) is 10.5 Å². The summed E-state index contributed by atoms with van der Waals surface area (Å²) in [4.78, 5) is 11.0. The van der Waals surface area contributed by atoms with E-state index in [9.17, 15) is 15.2 Å². The zero-order valence-electron chi connectivity index (χ0n) is 11.4. The van der Waals surface area contributed by atoms with Crippen LogP contribution in [0.2, 0.25) is 0 Å². The smallest absolute Gasteiger partial charge is 0.288 e. The second-order valence-corrected chi connectivity index (χ2v) is 6.40. The number of para-hydroxylation sites is 2. The molecule has 116 valence electrons. The largest absolute Gasteiger partial charge is 0.507 e. The molecule has 1 heterocycles. The number of nitro groups is 1. The van der Waals surface area contributed by atoms with Gasteiger partial charge in [-0.05, 0) is 29.0 Å². The van der Waals surface area contributed by atoms with Crippen LogP contribution in [0.1, 0.15) is 0 Å². The fourth-order valence-electron chi connectivity index (χ4n) is 1.77. The number of nitro benzene ring substituents is 1. The molecule has 0 radical (unpaired) electrons. The van der Waals surface area contributed by atoms with Crippen LogP contribution in [-0.4, -0.2) is 20.2 Å². The summed E-state index contributed by atoms with van der Waals surface area (Å²) in [5, 5.41) is 28.7. The van der Waals surface area contributed by atoms with Gasteiger partial charge in [0.2, 0.25) is 0 Å². The minimum Gasteiger partial charge on any atom is -0.507 e. The van der Waals surface area contributed by atoms with Crippen molar-refractivity contribution in [3.8, 4) is 17.2 Å². The molecule has 0 amide bonds. The molecule has 0 aliphatic rings. The first-order chi connectivity index (χ1) is 11.1. The van der Waals surface area contributed by atoms with Gasteiger partial charge in [-0.1, -0.05) is 29.4 Å². The Kier molecular flexibility index (Phi) is 4.49. The Morgan fingerprint density at radius 1 is 1.04 bits per heavy atom. The quantitative estimate of drug-likeness (QED) is 0.417. The molecule has 2 aromatic carbocycles. The number of aromatic hydroxyl groups is 1. The molecule has 1 aromatic heterocycles. The van der Waals surface area contributed by atoms with Crippen molar-refractivity contribution < 1.29 is 14.4 Å². The molecule has 23 heavy (non-hydrogen) atoms. The highest BCUT2D eigenvalue weighted by Crippen LogP contribution is 2.41. The number of hydrogen-bond donors (Lipinski definition) is 1. The minimum absolute atomic E-state index is 0.0189. The standard InChI is InChI=1S/C14H9N3O4S2/c18-11-7-3-1-5-9(11)13-15-16-14(21-13)23-22-12-8-4-2-6-10(12)17(19)20/h1-8,18H. The number of phenolic OH excluding ortho intramolecular Hbond substituents is 1. The Bertz CT molecular complexity index is 853. The Labute approximate surface area is 138 Å². The van der Waals surface area contributed by atoms with Crippen molar-refractivity contribution in [2.45, 2.75) is 10.1 Å². The summed E-state index contributed by atoms with van der Waals surface area (Å²) in [5.74, 6) is 0.229. The number of rotatable bonds is 5. The van der Waals surface area contributed by atoms with Crippen LogP contribution >= 0.6 is 21.6 Å². The molecule has 0 atom stereocenters. The van der Waals surface area contributed by atoms with E-state index in [1.54, 1.807) is 36.4 Å². The Morgan fingerprint density at radius 2 is 1.78 bits per heavy atom. The third-order valence-corrected chi connectivity index (χ3v) is 4.94. The summed E-state index contributed by atoms with van der Waals surface area (Å²) in [5.41, 5.74) is 0.452. The summed E-state index contributed by atoms with van der Waals surface area (Å²) in [6, 6.07) is 13.0. The fraction of sp³-hybridized carbons (Fsp3) is 0. The second-order valence-electron chi connectivity index (χ2n) is 4.28. The van der Waals surface area contributed by atoms with Gasteiger partial charge in [0.05, 0.1) is 15.4 Å². The van der Waals surface area contributed by atoms with Crippen LogP contribution in [0.25, 0.3) is 11.5 Å². The Morgan fingerprint density at radius 3 is 2.57 bits per heavy atom. The van der Waals surface area contributed by atoms with Crippen molar-refractivity contribution in [3.05, 3.63) is 58.6 Å². The van der Waals surface area contributed by atoms with E-state index in [1.807, 2.05) is 0 Å². The molecule has 0 spiro atoms. The van der Waals surface area contributed by atoms with Crippen molar-refractivity contribution in [1.82, 2.24) is 10.2 Å². The normalized spacial score (nSPS) is 10.6. The Hall–Kier alpha value is -2.52. The number of nitrogens with zero attached hydrogens (tertiary/aromatic N) is 3. The lowest BCUT2D eigenvalue weighted by Gasteiger charge is -1.99. The number of aromatic nitrogens is 2. The lowest BCUT2D eigenvalue weighted by Crippen LogP contribution is -1.88. The highest BCUT2D eigenvalue weighted by Gasteiger charge is 2.16. The van der Waals surface area contributed by atoms with Crippen molar-refractivity contribution in [2.75, 3.05) is 0 Å². The van der Waals surface area contributed by atoms with E-state index in [0.717, 1.165) is 21.6 Å². The van der Waals surface area contributed by atoms with E-state index >= 15 is 0 Å². The van der Waals surface area contributed by atoms with E-state index in [1.165, 1.54) is 12.1 Å². The van der Waals surface area contributed by atoms with Crippen molar-refractivity contribution in [2.24, 2.45) is 0 Å². The van der Waals surface area contributed by atoms with Gasteiger partial charge < -0.3 is 9.52 Å². The van der Waals surface area contributed by atoms with Crippen molar-refractivity contribution in [3.63, 3.8) is 0 Å². The molecule has 0 aliphatic heterocycles. The van der Waals surface area contributed by atoms with Gasteiger partial charge in [-0.25, -0.2) is 0 Å². The zero-order chi connectivity index (χ0) is 16.2. The van der Waals surface area contributed by atoms with Crippen LogP contribution in [-0.2, 0) is 0 Å². The fourth-order valence-corrected chi connectivity index (χ4v) is 3.58. The maximum absolute atomic E-state index is 11.0. The molecule has 3 rings (SSSR count).